The molecule has 30 heavy (non-hydrogen) atoms. The molecule has 0 saturated carbocycles. The van der Waals surface area contributed by atoms with Crippen molar-refractivity contribution in [2.45, 2.75) is 6.92 Å². The number of nitrogens with zero attached hydrogens (tertiary/aromatic N) is 2. The molecule has 6 heteroatoms. The van der Waals surface area contributed by atoms with Crippen LogP contribution in [-0.2, 0) is 4.79 Å². The Morgan fingerprint density at radius 2 is 1.50 bits per heavy atom. The van der Waals surface area contributed by atoms with Gasteiger partial charge in [-0.15, -0.1) is 0 Å². The molecule has 0 spiro atoms. The minimum absolute atomic E-state index is 0.104. The van der Waals surface area contributed by atoms with E-state index < -0.39 is 0 Å². The standard InChI is InChI=1S/C24H24N2O4/c1-17(27)26(19-10-6-5-7-11-19)21-13-9-8-12-20(21)25-16-18-14-15-22(28-2)24(30-4)23(18)29-3/h5-16H,1-4H3. The number of para-hydroxylation sites is 3. The number of anilines is 2. The predicted molar refractivity (Wildman–Crippen MR) is 119 cm³/mol. The predicted octanol–water partition coefficient (Wildman–Crippen LogP) is 5.15. The van der Waals surface area contributed by atoms with Gasteiger partial charge in [0.1, 0.15) is 0 Å². The van der Waals surface area contributed by atoms with Crippen LogP contribution in [0, 0.1) is 0 Å². The number of amides is 1. The Labute approximate surface area is 176 Å². The number of hydrogen-bond donors (Lipinski definition) is 0. The Balaban J connectivity index is 2.05. The Hall–Kier alpha value is -3.80. The Morgan fingerprint density at radius 1 is 0.833 bits per heavy atom. The molecule has 154 valence electrons. The largest absolute Gasteiger partial charge is 0.493 e. The fraction of sp³-hybridized carbons (Fsp3) is 0.167. The highest BCUT2D eigenvalue weighted by Gasteiger charge is 2.18. The van der Waals surface area contributed by atoms with E-state index in [0.29, 0.717) is 28.6 Å². The van der Waals surface area contributed by atoms with E-state index in [2.05, 4.69) is 4.99 Å². The van der Waals surface area contributed by atoms with Crippen molar-refractivity contribution in [2.75, 3.05) is 26.2 Å². The van der Waals surface area contributed by atoms with Crippen molar-refractivity contribution >= 4 is 29.2 Å². The number of methoxy groups -OCH3 is 3. The van der Waals surface area contributed by atoms with E-state index in [1.807, 2.05) is 60.7 Å². The highest BCUT2D eigenvalue weighted by molar-refractivity contribution is 6.02. The van der Waals surface area contributed by atoms with Crippen molar-refractivity contribution < 1.29 is 19.0 Å². The summed E-state index contributed by atoms with van der Waals surface area (Å²) >= 11 is 0. The van der Waals surface area contributed by atoms with E-state index in [4.69, 9.17) is 14.2 Å². The molecule has 0 aliphatic rings. The van der Waals surface area contributed by atoms with Gasteiger partial charge in [-0.3, -0.25) is 14.7 Å². The number of carbonyl (C=O) groups is 1. The second-order valence-corrected chi connectivity index (χ2v) is 6.36. The molecule has 3 aromatic rings. The number of rotatable bonds is 7. The Kier molecular flexibility index (Phi) is 6.70. The van der Waals surface area contributed by atoms with Crippen molar-refractivity contribution in [1.82, 2.24) is 0 Å². The van der Waals surface area contributed by atoms with Crippen LogP contribution in [-0.4, -0.2) is 33.5 Å². The smallest absolute Gasteiger partial charge is 0.228 e. The summed E-state index contributed by atoms with van der Waals surface area (Å²) < 4.78 is 16.3. The van der Waals surface area contributed by atoms with Gasteiger partial charge in [0.2, 0.25) is 11.7 Å². The SMILES string of the molecule is COc1ccc(C=Nc2ccccc2N(C(C)=O)c2ccccc2)c(OC)c1OC. The van der Waals surface area contributed by atoms with Gasteiger partial charge in [-0.05, 0) is 36.4 Å². The second-order valence-electron chi connectivity index (χ2n) is 6.36. The van der Waals surface area contributed by atoms with Crippen LogP contribution < -0.4 is 19.1 Å². The van der Waals surface area contributed by atoms with Crippen LogP contribution >= 0.6 is 0 Å². The first-order valence-corrected chi connectivity index (χ1v) is 9.38. The molecule has 3 rings (SSSR count). The zero-order chi connectivity index (χ0) is 21.5. The molecule has 0 atom stereocenters. The van der Waals surface area contributed by atoms with Crippen LogP contribution in [0.3, 0.4) is 0 Å². The van der Waals surface area contributed by atoms with Gasteiger partial charge >= 0.3 is 0 Å². The molecular weight excluding hydrogens is 380 g/mol. The number of ether oxygens (including phenoxy) is 3. The quantitative estimate of drug-likeness (QED) is 0.511. The molecule has 0 aliphatic heterocycles. The summed E-state index contributed by atoms with van der Waals surface area (Å²) in [5, 5.41) is 0. The van der Waals surface area contributed by atoms with Crippen LogP contribution in [0.5, 0.6) is 17.2 Å². The van der Waals surface area contributed by atoms with Gasteiger partial charge in [0.05, 0.1) is 32.7 Å². The topological polar surface area (TPSA) is 60.4 Å². The Morgan fingerprint density at radius 3 is 2.13 bits per heavy atom. The minimum Gasteiger partial charge on any atom is -0.493 e. The summed E-state index contributed by atoms with van der Waals surface area (Å²) in [5.41, 5.74) is 2.83. The lowest BCUT2D eigenvalue weighted by Crippen LogP contribution is -2.22. The third kappa shape index (κ3) is 4.27. The molecule has 0 N–H and O–H groups in total. The van der Waals surface area contributed by atoms with Crippen LogP contribution in [0.4, 0.5) is 17.1 Å². The molecule has 0 radical (unpaired) electrons. The normalized spacial score (nSPS) is 10.7. The molecule has 0 saturated heterocycles. The van der Waals surface area contributed by atoms with E-state index in [1.54, 1.807) is 38.5 Å². The highest BCUT2D eigenvalue weighted by Crippen LogP contribution is 2.40. The maximum atomic E-state index is 12.4. The summed E-state index contributed by atoms with van der Waals surface area (Å²) in [5.74, 6) is 1.47. The van der Waals surface area contributed by atoms with Crippen molar-refractivity contribution in [3.05, 3.63) is 72.3 Å². The molecular formula is C24H24N2O4. The highest BCUT2D eigenvalue weighted by atomic mass is 16.5. The first kappa shape index (κ1) is 20.9. The monoisotopic (exact) mass is 404 g/mol. The summed E-state index contributed by atoms with van der Waals surface area (Å²) in [6, 6.07) is 20.6. The first-order valence-electron chi connectivity index (χ1n) is 9.38. The van der Waals surface area contributed by atoms with E-state index in [1.165, 1.54) is 6.92 Å². The fourth-order valence-electron chi connectivity index (χ4n) is 3.20. The first-order chi connectivity index (χ1) is 14.6. The zero-order valence-corrected chi connectivity index (χ0v) is 17.5. The van der Waals surface area contributed by atoms with Crippen molar-refractivity contribution in [2.24, 2.45) is 4.99 Å². The van der Waals surface area contributed by atoms with Crippen molar-refractivity contribution in [3.8, 4) is 17.2 Å². The fourth-order valence-corrected chi connectivity index (χ4v) is 3.20. The Bertz CT molecular complexity index is 1050. The van der Waals surface area contributed by atoms with Gasteiger partial charge in [-0.2, -0.15) is 0 Å². The maximum absolute atomic E-state index is 12.4. The van der Waals surface area contributed by atoms with E-state index in [-0.39, 0.29) is 5.91 Å². The lowest BCUT2D eigenvalue weighted by atomic mass is 10.1. The van der Waals surface area contributed by atoms with E-state index >= 15 is 0 Å². The van der Waals surface area contributed by atoms with Crippen LogP contribution in [0.1, 0.15) is 12.5 Å². The number of hydrogen-bond acceptors (Lipinski definition) is 5. The molecule has 3 aromatic carbocycles. The molecule has 1 amide bonds. The van der Waals surface area contributed by atoms with Gasteiger partial charge in [-0.1, -0.05) is 30.3 Å². The second kappa shape index (κ2) is 9.60. The van der Waals surface area contributed by atoms with Gasteiger partial charge < -0.3 is 14.2 Å². The van der Waals surface area contributed by atoms with E-state index in [0.717, 1.165) is 11.3 Å². The lowest BCUT2D eigenvalue weighted by Gasteiger charge is -2.22. The summed E-state index contributed by atoms with van der Waals surface area (Å²) in [7, 11) is 4.69. The molecule has 6 nitrogen and oxygen atoms in total. The van der Waals surface area contributed by atoms with Gasteiger partial charge in [0, 0.05) is 24.4 Å². The average Bonchev–Trinajstić information content (AvgIpc) is 2.78. The summed E-state index contributed by atoms with van der Waals surface area (Å²) in [6.07, 6.45) is 1.68. The zero-order valence-electron chi connectivity index (χ0n) is 17.5. The molecule has 0 unspecified atom stereocenters. The van der Waals surface area contributed by atoms with Crippen LogP contribution in [0.15, 0.2) is 71.7 Å². The molecule has 0 aliphatic carbocycles. The average molecular weight is 404 g/mol. The molecule has 0 aromatic heterocycles. The van der Waals surface area contributed by atoms with Crippen molar-refractivity contribution in [3.63, 3.8) is 0 Å². The van der Waals surface area contributed by atoms with Gasteiger partial charge in [-0.25, -0.2) is 0 Å². The van der Waals surface area contributed by atoms with Gasteiger partial charge in [0.15, 0.2) is 11.5 Å². The van der Waals surface area contributed by atoms with Crippen LogP contribution in [0.25, 0.3) is 0 Å². The summed E-state index contributed by atoms with van der Waals surface area (Å²) in [4.78, 5) is 18.7. The third-order valence-corrected chi connectivity index (χ3v) is 4.53. The molecule has 0 heterocycles. The maximum Gasteiger partial charge on any atom is 0.228 e. The van der Waals surface area contributed by atoms with E-state index in [9.17, 15) is 4.79 Å². The number of aliphatic imine (C=N–C) groups is 1. The number of carbonyl (C=O) groups excluding carboxylic acids is 1. The lowest BCUT2D eigenvalue weighted by molar-refractivity contribution is -0.115. The number of benzene rings is 3. The molecule has 0 bridgehead atoms. The third-order valence-electron chi connectivity index (χ3n) is 4.53. The minimum atomic E-state index is -0.104. The van der Waals surface area contributed by atoms with Crippen molar-refractivity contribution in [1.29, 1.82) is 0 Å². The molecule has 0 fully saturated rings. The summed E-state index contributed by atoms with van der Waals surface area (Å²) in [6.45, 7) is 1.53. The van der Waals surface area contributed by atoms with Crippen LogP contribution in [0.2, 0.25) is 0 Å². The van der Waals surface area contributed by atoms with Gasteiger partial charge in [0.25, 0.3) is 0 Å².